The van der Waals surface area contributed by atoms with Crippen molar-refractivity contribution in [2.45, 2.75) is 32.2 Å². The van der Waals surface area contributed by atoms with Gasteiger partial charge in [-0.1, -0.05) is 26.0 Å². The Hall–Kier alpha value is -1.02. The average Bonchev–Trinajstić information content (AvgIpc) is 2.69. The van der Waals surface area contributed by atoms with Crippen molar-refractivity contribution in [3.8, 4) is 5.75 Å². The Morgan fingerprint density at radius 3 is 2.40 bits per heavy atom. The quantitative estimate of drug-likeness (QED) is 0.778. The second-order valence-electron chi connectivity index (χ2n) is 4.70. The van der Waals surface area contributed by atoms with Crippen LogP contribution in [0, 0.1) is 5.92 Å². The highest BCUT2D eigenvalue weighted by Crippen LogP contribution is 2.37. The summed E-state index contributed by atoms with van der Waals surface area (Å²) >= 11 is 0. The van der Waals surface area contributed by atoms with Crippen molar-refractivity contribution < 1.29 is 5.11 Å². The highest BCUT2D eigenvalue weighted by atomic mass is 16.3. The van der Waals surface area contributed by atoms with Crippen LogP contribution in [0.3, 0.4) is 0 Å². The van der Waals surface area contributed by atoms with Gasteiger partial charge in [0.05, 0.1) is 0 Å². The van der Waals surface area contributed by atoms with Crippen molar-refractivity contribution >= 4 is 0 Å². The number of phenolic OH excluding ortho intramolecular Hbond substituents is 1. The second-order valence-corrected chi connectivity index (χ2v) is 4.70. The van der Waals surface area contributed by atoms with E-state index in [1.165, 1.54) is 18.4 Å². The van der Waals surface area contributed by atoms with Crippen LogP contribution < -0.4 is 5.32 Å². The van der Waals surface area contributed by atoms with Crippen molar-refractivity contribution in [2.75, 3.05) is 6.54 Å². The van der Waals surface area contributed by atoms with Crippen LogP contribution >= 0.6 is 0 Å². The first-order chi connectivity index (χ1) is 7.15. The lowest BCUT2D eigenvalue weighted by Gasteiger charge is -2.34. The minimum absolute atomic E-state index is 0.119. The van der Waals surface area contributed by atoms with Gasteiger partial charge in [-0.3, -0.25) is 0 Å². The predicted octanol–water partition coefficient (Wildman–Crippen LogP) is 2.63. The molecule has 0 aromatic heterocycles. The maximum atomic E-state index is 9.30. The monoisotopic (exact) mass is 205 g/mol. The van der Waals surface area contributed by atoms with Crippen LogP contribution in [0.5, 0.6) is 5.75 Å². The molecule has 1 heterocycles. The summed E-state index contributed by atoms with van der Waals surface area (Å²) in [5, 5.41) is 12.9. The van der Waals surface area contributed by atoms with E-state index in [2.05, 4.69) is 19.2 Å². The summed E-state index contributed by atoms with van der Waals surface area (Å²) in [6, 6.07) is 7.63. The van der Waals surface area contributed by atoms with E-state index < -0.39 is 0 Å². The second kappa shape index (κ2) is 3.86. The van der Waals surface area contributed by atoms with Gasteiger partial charge in [0.25, 0.3) is 0 Å². The number of hydrogen-bond acceptors (Lipinski definition) is 2. The molecular weight excluding hydrogens is 186 g/mol. The fraction of sp³-hybridized carbons (Fsp3) is 0.538. The highest BCUT2D eigenvalue weighted by Gasteiger charge is 2.37. The number of nitrogens with one attached hydrogen (secondary N) is 1. The number of hydrogen-bond donors (Lipinski definition) is 2. The fourth-order valence-corrected chi connectivity index (χ4v) is 2.60. The van der Waals surface area contributed by atoms with E-state index in [4.69, 9.17) is 0 Å². The van der Waals surface area contributed by atoms with Gasteiger partial charge >= 0.3 is 0 Å². The van der Waals surface area contributed by atoms with Gasteiger partial charge in [0.15, 0.2) is 0 Å². The Labute approximate surface area is 91.3 Å². The fourth-order valence-electron chi connectivity index (χ4n) is 2.60. The molecule has 1 aromatic rings. The van der Waals surface area contributed by atoms with Crippen LogP contribution in [-0.4, -0.2) is 11.7 Å². The SMILES string of the molecule is CC(C)C1(c2ccc(O)cc2)CCCN1. The average molecular weight is 205 g/mol. The first-order valence-corrected chi connectivity index (χ1v) is 5.70. The summed E-state index contributed by atoms with van der Waals surface area (Å²) in [7, 11) is 0. The Bertz CT molecular complexity index is 323. The van der Waals surface area contributed by atoms with Gasteiger partial charge in [0, 0.05) is 5.54 Å². The molecule has 1 fully saturated rings. The Morgan fingerprint density at radius 2 is 1.93 bits per heavy atom. The summed E-state index contributed by atoms with van der Waals surface area (Å²) in [4.78, 5) is 0. The Morgan fingerprint density at radius 1 is 1.27 bits per heavy atom. The first-order valence-electron chi connectivity index (χ1n) is 5.70. The van der Waals surface area contributed by atoms with Crippen LogP contribution in [0.25, 0.3) is 0 Å². The minimum atomic E-state index is 0.119. The number of rotatable bonds is 2. The van der Waals surface area contributed by atoms with Crippen LogP contribution in [0.15, 0.2) is 24.3 Å². The molecule has 2 heteroatoms. The summed E-state index contributed by atoms with van der Waals surface area (Å²) < 4.78 is 0. The minimum Gasteiger partial charge on any atom is -0.508 e. The molecule has 0 spiro atoms. The normalized spacial score (nSPS) is 26.1. The molecule has 1 aliphatic heterocycles. The smallest absolute Gasteiger partial charge is 0.115 e. The van der Waals surface area contributed by atoms with Crippen LogP contribution in [0.2, 0.25) is 0 Å². The highest BCUT2D eigenvalue weighted by molar-refractivity contribution is 5.32. The predicted molar refractivity (Wildman–Crippen MR) is 61.9 cm³/mol. The van der Waals surface area contributed by atoms with Gasteiger partial charge in [0.1, 0.15) is 5.75 Å². The molecule has 0 saturated carbocycles. The van der Waals surface area contributed by atoms with Gasteiger partial charge < -0.3 is 10.4 Å². The number of phenols is 1. The van der Waals surface area contributed by atoms with E-state index in [0.717, 1.165) is 6.54 Å². The third kappa shape index (κ3) is 1.74. The zero-order chi connectivity index (χ0) is 10.9. The number of aromatic hydroxyl groups is 1. The molecule has 1 aromatic carbocycles. The standard InChI is InChI=1S/C13H19NO/c1-10(2)13(8-3-9-14-13)11-4-6-12(15)7-5-11/h4-7,10,14-15H,3,8-9H2,1-2H3. The Kier molecular flexibility index (Phi) is 2.70. The lowest BCUT2D eigenvalue weighted by atomic mass is 9.79. The van der Waals surface area contributed by atoms with Crippen molar-refractivity contribution in [1.82, 2.24) is 5.32 Å². The zero-order valence-corrected chi connectivity index (χ0v) is 9.46. The van der Waals surface area contributed by atoms with E-state index in [9.17, 15) is 5.11 Å². The van der Waals surface area contributed by atoms with Crippen molar-refractivity contribution in [1.29, 1.82) is 0 Å². The molecule has 2 rings (SSSR count). The van der Waals surface area contributed by atoms with E-state index in [1.54, 1.807) is 12.1 Å². The van der Waals surface area contributed by atoms with Gasteiger partial charge in [-0.05, 0) is 43.0 Å². The molecule has 1 atom stereocenters. The van der Waals surface area contributed by atoms with Gasteiger partial charge in [0.2, 0.25) is 0 Å². The zero-order valence-electron chi connectivity index (χ0n) is 9.46. The van der Waals surface area contributed by atoms with E-state index in [0.29, 0.717) is 11.7 Å². The van der Waals surface area contributed by atoms with Gasteiger partial charge in [-0.25, -0.2) is 0 Å². The molecule has 0 bridgehead atoms. The van der Waals surface area contributed by atoms with E-state index >= 15 is 0 Å². The molecular formula is C13H19NO. The lowest BCUT2D eigenvalue weighted by Crippen LogP contribution is -2.41. The molecule has 2 nitrogen and oxygen atoms in total. The topological polar surface area (TPSA) is 32.3 Å². The summed E-state index contributed by atoms with van der Waals surface area (Å²) in [5.41, 5.74) is 1.42. The molecule has 0 amide bonds. The van der Waals surface area contributed by atoms with Crippen LogP contribution in [0.4, 0.5) is 0 Å². The molecule has 1 unspecified atom stereocenters. The van der Waals surface area contributed by atoms with Gasteiger partial charge in [-0.15, -0.1) is 0 Å². The summed E-state index contributed by atoms with van der Waals surface area (Å²) in [6.07, 6.45) is 2.43. The van der Waals surface area contributed by atoms with Crippen LogP contribution in [-0.2, 0) is 5.54 Å². The van der Waals surface area contributed by atoms with E-state index in [-0.39, 0.29) is 5.54 Å². The van der Waals surface area contributed by atoms with Crippen molar-refractivity contribution in [3.05, 3.63) is 29.8 Å². The van der Waals surface area contributed by atoms with Crippen molar-refractivity contribution in [2.24, 2.45) is 5.92 Å². The molecule has 0 aliphatic carbocycles. The summed E-state index contributed by atoms with van der Waals surface area (Å²) in [5.74, 6) is 0.917. The Balaban J connectivity index is 2.36. The largest absolute Gasteiger partial charge is 0.508 e. The maximum absolute atomic E-state index is 9.30. The molecule has 15 heavy (non-hydrogen) atoms. The van der Waals surface area contributed by atoms with Crippen molar-refractivity contribution in [3.63, 3.8) is 0 Å². The first kappa shape index (κ1) is 10.5. The molecule has 2 N–H and O–H groups in total. The maximum Gasteiger partial charge on any atom is 0.115 e. The molecule has 82 valence electrons. The summed E-state index contributed by atoms with van der Waals surface area (Å²) in [6.45, 7) is 5.61. The third-order valence-electron chi connectivity index (χ3n) is 3.56. The van der Waals surface area contributed by atoms with E-state index in [1.807, 2.05) is 12.1 Å². The third-order valence-corrected chi connectivity index (χ3v) is 3.56. The number of benzene rings is 1. The van der Waals surface area contributed by atoms with Crippen LogP contribution in [0.1, 0.15) is 32.3 Å². The lowest BCUT2D eigenvalue weighted by molar-refractivity contribution is 0.277. The molecule has 1 aliphatic rings. The molecule has 0 radical (unpaired) electrons. The van der Waals surface area contributed by atoms with Gasteiger partial charge in [-0.2, -0.15) is 0 Å². The molecule has 1 saturated heterocycles.